The summed E-state index contributed by atoms with van der Waals surface area (Å²) in [5, 5.41) is 2.87. The molecular weight excluding hydrogens is 283 g/mol. The van der Waals surface area contributed by atoms with Crippen LogP contribution < -0.4 is 5.32 Å². The van der Waals surface area contributed by atoms with Crippen LogP contribution >= 0.6 is 0 Å². The predicted octanol–water partition coefficient (Wildman–Crippen LogP) is 2.45. The van der Waals surface area contributed by atoms with E-state index in [0.717, 1.165) is 32.0 Å². The van der Waals surface area contributed by atoms with E-state index in [0.29, 0.717) is 6.54 Å². The van der Waals surface area contributed by atoms with Crippen LogP contribution in [0.1, 0.15) is 32.6 Å². The summed E-state index contributed by atoms with van der Waals surface area (Å²) in [6.45, 7) is 4.60. The lowest BCUT2D eigenvalue weighted by molar-refractivity contribution is -0.136. The Morgan fingerprint density at radius 2 is 2.05 bits per heavy atom. The Morgan fingerprint density at radius 3 is 2.62 bits per heavy atom. The maximum atomic E-state index is 12.2. The van der Waals surface area contributed by atoms with Gasteiger partial charge in [0.15, 0.2) is 0 Å². The summed E-state index contributed by atoms with van der Waals surface area (Å²) in [6, 6.07) is -0.309. The first kappa shape index (κ1) is 16.4. The molecule has 1 aliphatic heterocycles. The fourth-order valence-corrected chi connectivity index (χ4v) is 2.71. The smallest absolute Gasteiger partial charge is 0.334 e. The van der Waals surface area contributed by atoms with Gasteiger partial charge in [-0.25, -0.2) is 4.79 Å². The largest absolute Gasteiger partial charge is 0.390 e. The van der Waals surface area contributed by atoms with Gasteiger partial charge in [-0.1, -0.05) is 0 Å². The number of nitrogens with one attached hydrogen (secondary N) is 1. The first-order valence-electron chi connectivity index (χ1n) is 7.72. The van der Waals surface area contributed by atoms with Gasteiger partial charge in [-0.05, 0) is 32.1 Å². The lowest BCUT2D eigenvalue weighted by Crippen LogP contribution is -2.46. The molecule has 2 amide bonds. The van der Waals surface area contributed by atoms with Crippen LogP contribution in [0.2, 0.25) is 0 Å². The van der Waals surface area contributed by atoms with E-state index in [1.807, 2.05) is 0 Å². The predicted molar refractivity (Wildman–Crippen MR) is 74.0 cm³/mol. The molecule has 2 rings (SSSR count). The highest BCUT2D eigenvalue weighted by Crippen LogP contribution is 2.30. The van der Waals surface area contributed by atoms with Crippen LogP contribution in [-0.2, 0) is 0 Å². The highest BCUT2D eigenvalue weighted by Gasteiger charge is 2.31. The Kier molecular flexibility index (Phi) is 5.35. The van der Waals surface area contributed by atoms with E-state index < -0.39 is 12.6 Å². The molecular formula is C14H24F3N3O. The molecule has 21 heavy (non-hydrogen) atoms. The van der Waals surface area contributed by atoms with Gasteiger partial charge in [-0.2, -0.15) is 13.2 Å². The van der Waals surface area contributed by atoms with E-state index in [1.54, 1.807) is 6.92 Å². The SMILES string of the molecule is CCN(CCC(F)(F)F)C(=O)N[C@@H]1CCN(CC2CC2)C1. The maximum Gasteiger partial charge on any atom is 0.390 e. The van der Waals surface area contributed by atoms with Crippen LogP contribution in [0.25, 0.3) is 0 Å². The number of carbonyl (C=O) groups is 1. The van der Waals surface area contributed by atoms with Crippen molar-refractivity contribution in [2.75, 3.05) is 32.7 Å². The molecule has 1 atom stereocenters. The molecule has 0 unspecified atom stereocenters. The molecule has 0 aromatic heterocycles. The molecule has 1 heterocycles. The van der Waals surface area contributed by atoms with E-state index in [-0.39, 0.29) is 18.6 Å². The van der Waals surface area contributed by atoms with Crippen LogP contribution in [0.15, 0.2) is 0 Å². The van der Waals surface area contributed by atoms with Crippen molar-refractivity contribution in [3.63, 3.8) is 0 Å². The maximum absolute atomic E-state index is 12.2. The zero-order valence-corrected chi connectivity index (χ0v) is 12.5. The van der Waals surface area contributed by atoms with Gasteiger partial charge < -0.3 is 15.1 Å². The van der Waals surface area contributed by atoms with E-state index in [4.69, 9.17) is 0 Å². The van der Waals surface area contributed by atoms with Crippen molar-refractivity contribution in [3.8, 4) is 0 Å². The Hall–Kier alpha value is -0.980. The van der Waals surface area contributed by atoms with Crippen LogP contribution in [0.3, 0.4) is 0 Å². The summed E-state index contributed by atoms with van der Waals surface area (Å²) in [5.74, 6) is 0.818. The number of alkyl halides is 3. The van der Waals surface area contributed by atoms with Crippen molar-refractivity contribution in [1.29, 1.82) is 0 Å². The second-order valence-corrected chi connectivity index (χ2v) is 6.08. The van der Waals surface area contributed by atoms with Gasteiger partial charge in [-0.15, -0.1) is 0 Å². The molecule has 0 aromatic carbocycles. The molecule has 2 aliphatic rings. The van der Waals surface area contributed by atoms with Crippen molar-refractivity contribution in [2.45, 2.75) is 44.8 Å². The number of rotatable bonds is 6. The zero-order valence-electron chi connectivity index (χ0n) is 12.5. The Balaban J connectivity index is 1.71. The van der Waals surface area contributed by atoms with Crippen LogP contribution in [-0.4, -0.2) is 60.8 Å². The zero-order chi connectivity index (χ0) is 15.5. The molecule has 1 N–H and O–H groups in total. The fourth-order valence-electron chi connectivity index (χ4n) is 2.71. The van der Waals surface area contributed by atoms with Gasteiger partial charge in [0.25, 0.3) is 0 Å². The Bertz CT molecular complexity index is 358. The second-order valence-electron chi connectivity index (χ2n) is 6.08. The third-order valence-corrected chi connectivity index (χ3v) is 4.15. The molecule has 122 valence electrons. The third kappa shape index (κ3) is 5.73. The summed E-state index contributed by atoms with van der Waals surface area (Å²) < 4.78 is 36.7. The molecule has 0 bridgehead atoms. The number of hydrogen-bond acceptors (Lipinski definition) is 2. The second kappa shape index (κ2) is 6.85. The normalized spacial score (nSPS) is 23.3. The van der Waals surface area contributed by atoms with Gasteiger partial charge in [0, 0.05) is 38.8 Å². The van der Waals surface area contributed by atoms with Gasteiger partial charge in [0.2, 0.25) is 0 Å². The highest BCUT2D eigenvalue weighted by molar-refractivity contribution is 5.74. The number of carbonyl (C=O) groups excluding carboxylic acids is 1. The standard InChI is InChI=1S/C14H24F3N3O/c1-2-20(8-6-14(15,16)17)13(21)18-12-5-7-19(10-12)9-11-3-4-11/h11-12H,2-10H2,1H3,(H,18,21)/t12-/m1/s1. The number of amides is 2. The van der Waals surface area contributed by atoms with Gasteiger partial charge >= 0.3 is 12.2 Å². The van der Waals surface area contributed by atoms with Crippen LogP contribution in [0.4, 0.5) is 18.0 Å². The molecule has 0 radical (unpaired) electrons. The Labute approximate surface area is 123 Å². The average molecular weight is 307 g/mol. The van der Waals surface area contributed by atoms with Crippen molar-refractivity contribution in [1.82, 2.24) is 15.1 Å². The van der Waals surface area contributed by atoms with Crippen LogP contribution in [0, 0.1) is 5.92 Å². The number of likely N-dealkylation sites (tertiary alicyclic amines) is 1. The number of nitrogens with zero attached hydrogens (tertiary/aromatic N) is 2. The monoisotopic (exact) mass is 307 g/mol. The molecule has 4 nitrogen and oxygen atoms in total. The van der Waals surface area contributed by atoms with Gasteiger partial charge in [-0.3, -0.25) is 0 Å². The molecule has 7 heteroatoms. The van der Waals surface area contributed by atoms with E-state index in [2.05, 4.69) is 10.2 Å². The van der Waals surface area contributed by atoms with Gasteiger partial charge in [0.1, 0.15) is 0 Å². The van der Waals surface area contributed by atoms with Crippen molar-refractivity contribution < 1.29 is 18.0 Å². The number of halogens is 3. The Morgan fingerprint density at radius 1 is 1.33 bits per heavy atom. The summed E-state index contributed by atoms with van der Waals surface area (Å²) in [4.78, 5) is 15.6. The number of hydrogen-bond donors (Lipinski definition) is 1. The topological polar surface area (TPSA) is 35.6 Å². The summed E-state index contributed by atoms with van der Waals surface area (Å²) in [5.41, 5.74) is 0. The molecule has 1 saturated heterocycles. The average Bonchev–Trinajstić information content (AvgIpc) is 3.08. The molecule has 1 saturated carbocycles. The molecule has 0 spiro atoms. The fraction of sp³-hybridized carbons (Fsp3) is 0.929. The molecule has 0 aromatic rings. The van der Waals surface area contributed by atoms with E-state index >= 15 is 0 Å². The lowest BCUT2D eigenvalue weighted by atomic mass is 10.2. The minimum absolute atomic E-state index is 0.0659. The van der Waals surface area contributed by atoms with E-state index in [9.17, 15) is 18.0 Å². The lowest BCUT2D eigenvalue weighted by Gasteiger charge is -2.24. The van der Waals surface area contributed by atoms with Crippen molar-refractivity contribution >= 4 is 6.03 Å². The quantitative estimate of drug-likeness (QED) is 0.818. The first-order chi connectivity index (χ1) is 9.87. The summed E-state index contributed by atoms with van der Waals surface area (Å²) in [6.07, 6.45) is -1.69. The minimum Gasteiger partial charge on any atom is -0.334 e. The third-order valence-electron chi connectivity index (χ3n) is 4.15. The van der Waals surface area contributed by atoms with Crippen molar-refractivity contribution in [3.05, 3.63) is 0 Å². The molecule has 2 fully saturated rings. The van der Waals surface area contributed by atoms with Crippen LogP contribution in [0.5, 0.6) is 0 Å². The molecule has 1 aliphatic carbocycles. The summed E-state index contributed by atoms with van der Waals surface area (Å²) >= 11 is 0. The minimum atomic E-state index is -4.22. The van der Waals surface area contributed by atoms with E-state index in [1.165, 1.54) is 17.7 Å². The highest BCUT2D eigenvalue weighted by atomic mass is 19.4. The van der Waals surface area contributed by atoms with Gasteiger partial charge in [0.05, 0.1) is 6.42 Å². The first-order valence-corrected chi connectivity index (χ1v) is 7.72. The number of urea groups is 1. The van der Waals surface area contributed by atoms with Crippen molar-refractivity contribution in [2.24, 2.45) is 5.92 Å². The summed E-state index contributed by atoms with van der Waals surface area (Å²) in [7, 11) is 0.